The standard InChI is InChI=1S/C15H9BrClFO2/c16-12-2-1-3-14(20)15(12)11(6-7-19)10-5-4-9(17)8-13(10)18/h1-8,20H/b11-6+. The summed E-state index contributed by atoms with van der Waals surface area (Å²) in [6, 6.07) is 8.94. The van der Waals surface area contributed by atoms with Gasteiger partial charge in [0, 0.05) is 20.6 Å². The van der Waals surface area contributed by atoms with Crippen LogP contribution in [0.25, 0.3) is 5.57 Å². The Kier molecular flexibility index (Phi) is 4.57. The first-order valence-corrected chi connectivity index (χ1v) is 6.80. The Morgan fingerprint density at radius 3 is 2.65 bits per heavy atom. The highest BCUT2D eigenvalue weighted by Gasteiger charge is 2.16. The van der Waals surface area contributed by atoms with Gasteiger partial charge in [-0.05, 0) is 42.0 Å². The van der Waals surface area contributed by atoms with Crippen molar-refractivity contribution in [3.63, 3.8) is 0 Å². The number of phenolic OH excluding ortho intramolecular Hbond substituents is 1. The second kappa shape index (κ2) is 6.20. The van der Waals surface area contributed by atoms with Gasteiger partial charge in [-0.1, -0.05) is 33.6 Å². The molecule has 0 atom stereocenters. The van der Waals surface area contributed by atoms with Gasteiger partial charge in [0.2, 0.25) is 0 Å². The van der Waals surface area contributed by atoms with E-state index in [0.717, 1.165) is 6.07 Å². The molecule has 0 amide bonds. The monoisotopic (exact) mass is 354 g/mol. The van der Waals surface area contributed by atoms with Crippen molar-refractivity contribution in [2.75, 3.05) is 0 Å². The van der Waals surface area contributed by atoms with Crippen LogP contribution in [0.1, 0.15) is 11.1 Å². The minimum atomic E-state index is -0.569. The third-order valence-electron chi connectivity index (χ3n) is 2.72. The Morgan fingerprint density at radius 2 is 2.05 bits per heavy atom. The summed E-state index contributed by atoms with van der Waals surface area (Å²) in [5.41, 5.74) is 0.809. The number of aldehydes is 1. The van der Waals surface area contributed by atoms with Crippen molar-refractivity contribution in [3.8, 4) is 5.75 Å². The largest absolute Gasteiger partial charge is 0.507 e. The zero-order valence-electron chi connectivity index (χ0n) is 10.1. The smallest absolute Gasteiger partial charge is 0.143 e. The van der Waals surface area contributed by atoms with Crippen LogP contribution in [0.3, 0.4) is 0 Å². The summed E-state index contributed by atoms with van der Waals surface area (Å²) >= 11 is 9.01. The van der Waals surface area contributed by atoms with E-state index in [0.29, 0.717) is 16.3 Å². The van der Waals surface area contributed by atoms with E-state index in [-0.39, 0.29) is 21.9 Å². The molecule has 20 heavy (non-hydrogen) atoms. The molecular formula is C15H9BrClFO2. The van der Waals surface area contributed by atoms with E-state index in [4.69, 9.17) is 11.6 Å². The van der Waals surface area contributed by atoms with Gasteiger partial charge >= 0.3 is 0 Å². The lowest BCUT2D eigenvalue weighted by Crippen LogP contribution is -1.95. The number of rotatable bonds is 3. The number of aromatic hydroxyl groups is 1. The molecular weight excluding hydrogens is 347 g/mol. The highest BCUT2D eigenvalue weighted by molar-refractivity contribution is 9.10. The van der Waals surface area contributed by atoms with Crippen molar-refractivity contribution in [1.29, 1.82) is 0 Å². The lowest BCUT2D eigenvalue weighted by molar-refractivity contribution is -0.104. The molecule has 0 aromatic heterocycles. The molecule has 0 unspecified atom stereocenters. The third kappa shape index (κ3) is 2.92. The van der Waals surface area contributed by atoms with E-state index in [1.165, 1.54) is 24.3 Å². The van der Waals surface area contributed by atoms with Gasteiger partial charge in [0.1, 0.15) is 17.9 Å². The first-order chi connectivity index (χ1) is 9.54. The molecule has 0 fully saturated rings. The van der Waals surface area contributed by atoms with Gasteiger partial charge in [-0.15, -0.1) is 0 Å². The normalized spacial score (nSPS) is 11.4. The van der Waals surface area contributed by atoms with Crippen LogP contribution in [-0.2, 0) is 4.79 Å². The quantitative estimate of drug-likeness (QED) is 0.646. The number of allylic oxidation sites excluding steroid dienone is 1. The highest BCUT2D eigenvalue weighted by atomic mass is 79.9. The second-order valence-corrected chi connectivity index (χ2v) is 5.27. The first-order valence-electron chi connectivity index (χ1n) is 5.63. The Labute approximate surface area is 128 Å². The Balaban J connectivity index is 2.70. The van der Waals surface area contributed by atoms with Crippen LogP contribution in [0, 0.1) is 5.82 Å². The topological polar surface area (TPSA) is 37.3 Å². The summed E-state index contributed by atoms with van der Waals surface area (Å²) in [6.07, 6.45) is 1.74. The van der Waals surface area contributed by atoms with E-state index >= 15 is 0 Å². The predicted molar refractivity (Wildman–Crippen MR) is 80.4 cm³/mol. The molecule has 0 radical (unpaired) electrons. The Hall–Kier alpha value is -1.65. The Bertz CT molecular complexity index is 678. The van der Waals surface area contributed by atoms with Gasteiger partial charge in [0.25, 0.3) is 0 Å². The Morgan fingerprint density at radius 1 is 1.30 bits per heavy atom. The molecule has 0 saturated heterocycles. The van der Waals surface area contributed by atoms with Gasteiger partial charge in [0.05, 0.1) is 0 Å². The van der Waals surface area contributed by atoms with Crippen molar-refractivity contribution in [2.24, 2.45) is 0 Å². The number of benzene rings is 2. The summed E-state index contributed by atoms with van der Waals surface area (Å²) in [7, 11) is 0. The maximum absolute atomic E-state index is 14.0. The minimum Gasteiger partial charge on any atom is -0.507 e. The molecule has 0 spiro atoms. The van der Waals surface area contributed by atoms with Gasteiger partial charge in [0.15, 0.2) is 0 Å². The number of hydrogen-bond acceptors (Lipinski definition) is 2. The molecule has 0 bridgehead atoms. The number of carbonyl (C=O) groups is 1. The van der Waals surface area contributed by atoms with E-state index < -0.39 is 5.82 Å². The van der Waals surface area contributed by atoms with Crippen molar-refractivity contribution in [2.45, 2.75) is 0 Å². The van der Waals surface area contributed by atoms with Crippen LogP contribution in [0.5, 0.6) is 5.75 Å². The molecule has 0 saturated carbocycles. The maximum atomic E-state index is 14.0. The van der Waals surface area contributed by atoms with Crippen LogP contribution in [0.2, 0.25) is 5.02 Å². The molecule has 1 N–H and O–H groups in total. The average Bonchev–Trinajstić information content (AvgIpc) is 2.38. The lowest BCUT2D eigenvalue weighted by Gasteiger charge is -2.12. The lowest BCUT2D eigenvalue weighted by atomic mass is 9.96. The van der Waals surface area contributed by atoms with Gasteiger partial charge in [-0.25, -0.2) is 4.39 Å². The zero-order valence-corrected chi connectivity index (χ0v) is 12.5. The number of phenols is 1. The fourth-order valence-corrected chi connectivity index (χ4v) is 2.59. The fraction of sp³-hybridized carbons (Fsp3) is 0. The molecule has 2 rings (SSSR count). The van der Waals surface area contributed by atoms with Gasteiger partial charge in [-0.3, -0.25) is 4.79 Å². The molecule has 0 heterocycles. The van der Waals surface area contributed by atoms with Crippen LogP contribution < -0.4 is 0 Å². The van der Waals surface area contributed by atoms with Crippen LogP contribution in [0.15, 0.2) is 46.9 Å². The van der Waals surface area contributed by atoms with Crippen LogP contribution in [-0.4, -0.2) is 11.4 Å². The summed E-state index contributed by atoms with van der Waals surface area (Å²) in [6.45, 7) is 0. The highest BCUT2D eigenvalue weighted by Crippen LogP contribution is 2.37. The number of hydrogen-bond donors (Lipinski definition) is 1. The summed E-state index contributed by atoms with van der Waals surface area (Å²) in [5.74, 6) is -0.623. The van der Waals surface area contributed by atoms with Gasteiger partial charge in [-0.2, -0.15) is 0 Å². The van der Waals surface area contributed by atoms with Crippen molar-refractivity contribution in [3.05, 3.63) is 68.9 Å². The van der Waals surface area contributed by atoms with Crippen molar-refractivity contribution < 1.29 is 14.3 Å². The van der Waals surface area contributed by atoms with E-state index in [1.807, 2.05) is 0 Å². The number of halogens is 3. The molecule has 2 aromatic rings. The third-order valence-corrected chi connectivity index (χ3v) is 3.61. The molecule has 0 aliphatic rings. The van der Waals surface area contributed by atoms with Crippen LogP contribution >= 0.6 is 27.5 Å². The minimum absolute atomic E-state index is 0.0539. The molecule has 2 aromatic carbocycles. The summed E-state index contributed by atoms with van der Waals surface area (Å²) in [4.78, 5) is 10.8. The second-order valence-electron chi connectivity index (χ2n) is 3.97. The SMILES string of the molecule is O=C/C=C(\c1ccc(Cl)cc1F)c1c(O)cccc1Br. The maximum Gasteiger partial charge on any atom is 0.143 e. The van der Waals surface area contributed by atoms with E-state index in [1.54, 1.807) is 12.1 Å². The molecule has 0 aliphatic heterocycles. The molecule has 5 heteroatoms. The average molecular weight is 356 g/mol. The van der Waals surface area contributed by atoms with Crippen LogP contribution in [0.4, 0.5) is 4.39 Å². The van der Waals surface area contributed by atoms with Gasteiger partial charge < -0.3 is 5.11 Å². The molecule has 0 aliphatic carbocycles. The predicted octanol–water partition coefficient (Wildman–Crippen LogP) is 4.58. The summed E-state index contributed by atoms with van der Waals surface area (Å²) < 4.78 is 14.6. The first kappa shape index (κ1) is 14.8. The van der Waals surface area contributed by atoms with Crippen molar-refractivity contribution >= 4 is 39.4 Å². The van der Waals surface area contributed by atoms with E-state index in [2.05, 4.69) is 15.9 Å². The fourth-order valence-electron chi connectivity index (χ4n) is 1.86. The summed E-state index contributed by atoms with van der Waals surface area (Å²) in [5, 5.41) is 10.2. The van der Waals surface area contributed by atoms with E-state index in [9.17, 15) is 14.3 Å². The number of carbonyl (C=O) groups excluding carboxylic acids is 1. The molecule has 102 valence electrons. The molecule has 2 nitrogen and oxygen atoms in total. The zero-order chi connectivity index (χ0) is 14.7. The van der Waals surface area contributed by atoms with Crippen molar-refractivity contribution in [1.82, 2.24) is 0 Å².